The van der Waals surface area contributed by atoms with Crippen molar-refractivity contribution < 1.29 is 9.90 Å². The Morgan fingerprint density at radius 3 is 2.56 bits per heavy atom. The lowest BCUT2D eigenvalue weighted by Crippen LogP contribution is -2.08. The van der Waals surface area contributed by atoms with Crippen molar-refractivity contribution in [3.05, 3.63) is 36.2 Å². The van der Waals surface area contributed by atoms with E-state index in [4.69, 9.17) is 5.11 Å². The van der Waals surface area contributed by atoms with E-state index < -0.39 is 5.97 Å². The monoisotopic (exact) mass is 245 g/mol. The van der Waals surface area contributed by atoms with E-state index in [1.807, 2.05) is 24.3 Å². The fraction of sp³-hybridized carbons (Fsp3) is 0.308. The van der Waals surface area contributed by atoms with Crippen LogP contribution in [0.5, 0.6) is 0 Å². The van der Waals surface area contributed by atoms with Crippen molar-refractivity contribution in [2.75, 3.05) is 0 Å². The van der Waals surface area contributed by atoms with E-state index in [9.17, 15) is 4.79 Å². The summed E-state index contributed by atoms with van der Waals surface area (Å²) in [6.45, 7) is 4.10. The molecule has 0 aliphatic rings. The topological polar surface area (TPSA) is 68.0 Å². The number of aromatic nitrogens is 3. The first-order chi connectivity index (χ1) is 8.56. The van der Waals surface area contributed by atoms with Crippen molar-refractivity contribution >= 4 is 5.97 Å². The maximum Gasteiger partial charge on any atom is 0.325 e. The first-order valence-corrected chi connectivity index (χ1v) is 5.78. The number of carboxylic acids is 1. The van der Waals surface area contributed by atoms with Crippen LogP contribution in [0.2, 0.25) is 0 Å². The lowest BCUT2D eigenvalue weighted by molar-refractivity contribution is -0.137. The third-order valence-electron chi connectivity index (χ3n) is 2.67. The van der Waals surface area contributed by atoms with Gasteiger partial charge in [0, 0.05) is 5.56 Å². The molecule has 1 aromatic heterocycles. The standard InChI is InChI=1S/C13H15N3O2/c1-9(2)10-3-5-11(6-4-10)13-14-8-16(15-13)7-12(17)18/h3-6,8-9H,7H2,1-2H3,(H,17,18). The smallest absolute Gasteiger partial charge is 0.325 e. The van der Waals surface area contributed by atoms with Gasteiger partial charge in [-0.1, -0.05) is 38.1 Å². The van der Waals surface area contributed by atoms with Crippen LogP contribution in [0, 0.1) is 0 Å². The van der Waals surface area contributed by atoms with E-state index in [0.717, 1.165) is 5.56 Å². The Balaban J connectivity index is 2.20. The largest absolute Gasteiger partial charge is 0.480 e. The quantitative estimate of drug-likeness (QED) is 0.896. The summed E-state index contributed by atoms with van der Waals surface area (Å²) in [5.74, 6) is 0.102. The van der Waals surface area contributed by atoms with Crippen LogP contribution in [0.1, 0.15) is 25.3 Å². The summed E-state index contributed by atoms with van der Waals surface area (Å²) in [5.41, 5.74) is 2.15. The zero-order chi connectivity index (χ0) is 13.1. The van der Waals surface area contributed by atoms with Crippen LogP contribution in [-0.2, 0) is 11.3 Å². The summed E-state index contributed by atoms with van der Waals surface area (Å²) >= 11 is 0. The summed E-state index contributed by atoms with van der Waals surface area (Å²) < 4.78 is 1.31. The van der Waals surface area contributed by atoms with Crippen LogP contribution in [0.25, 0.3) is 11.4 Å². The van der Waals surface area contributed by atoms with Gasteiger partial charge in [0.15, 0.2) is 5.82 Å². The number of hydrogen-bond acceptors (Lipinski definition) is 3. The lowest BCUT2D eigenvalue weighted by Gasteiger charge is -2.04. The minimum atomic E-state index is -0.929. The highest BCUT2D eigenvalue weighted by Crippen LogP contribution is 2.19. The van der Waals surface area contributed by atoms with E-state index in [1.165, 1.54) is 16.6 Å². The Morgan fingerprint density at radius 2 is 2.00 bits per heavy atom. The van der Waals surface area contributed by atoms with Crippen LogP contribution in [0.3, 0.4) is 0 Å². The molecule has 0 aliphatic heterocycles. The molecule has 1 heterocycles. The van der Waals surface area contributed by atoms with Crippen molar-refractivity contribution in [3.63, 3.8) is 0 Å². The predicted molar refractivity (Wildman–Crippen MR) is 67.2 cm³/mol. The fourth-order valence-corrected chi connectivity index (χ4v) is 1.66. The SMILES string of the molecule is CC(C)c1ccc(-c2ncn(CC(=O)O)n2)cc1. The Hall–Kier alpha value is -2.17. The maximum atomic E-state index is 10.5. The van der Waals surface area contributed by atoms with Crippen molar-refractivity contribution in [1.82, 2.24) is 14.8 Å². The van der Waals surface area contributed by atoms with E-state index >= 15 is 0 Å². The van der Waals surface area contributed by atoms with E-state index in [2.05, 4.69) is 23.9 Å². The molecule has 0 atom stereocenters. The van der Waals surface area contributed by atoms with Gasteiger partial charge in [-0.25, -0.2) is 9.67 Å². The molecule has 0 aliphatic carbocycles. The molecule has 0 saturated heterocycles. The molecule has 0 radical (unpaired) electrons. The molecule has 94 valence electrons. The molecule has 1 aromatic carbocycles. The molecule has 2 rings (SSSR count). The van der Waals surface area contributed by atoms with Crippen LogP contribution in [0.4, 0.5) is 0 Å². The van der Waals surface area contributed by atoms with Gasteiger partial charge in [-0.3, -0.25) is 4.79 Å². The van der Waals surface area contributed by atoms with Crippen LogP contribution >= 0.6 is 0 Å². The van der Waals surface area contributed by atoms with Gasteiger partial charge in [-0.05, 0) is 11.5 Å². The van der Waals surface area contributed by atoms with Gasteiger partial charge in [0.1, 0.15) is 12.9 Å². The molecule has 18 heavy (non-hydrogen) atoms. The normalized spacial score (nSPS) is 10.8. The first-order valence-electron chi connectivity index (χ1n) is 5.78. The first kappa shape index (κ1) is 12.3. The number of aliphatic carboxylic acids is 1. The molecular weight excluding hydrogens is 230 g/mol. The molecule has 5 nitrogen and oxygen atoms in total. The summed E-state index contributed by atoms with van der Waals surface area (Å²) in [7, 11) is 0. The van der Waals surface area contributed by atoms with E-state index in [-0.39, 0.29) is 6.54 Å². The lowest BCUT2D eigenvalue weighted by atomic mass is 10.0. The van der Waals surface area contributed by atoms with Gasteiger partial charge < -0.3 is 5.11 Å². The van der Waals surface area contributed by atoms with Crippen molar-refractivity contribution in [3.8, 4) is 11.4 Å². The number of carbonyl (C=O) groups is 1. The Kier molecular flexibility index (Phi) is 3.41. The van der Waals surface area contributed by atoms with Gasteiger partial charge >= 0.3 is 5.97 Å². The van der Waals surface area contributed by atoms with Crippen LogP contribution in [-0.4, -0.2) is 25.8 Å². The van der Waals surface area contributed by atoms with Crippen molar-refractivity contribution in [1.29, 1.82) is 0 Å². The minimum Gasteiger partial charge on any atom is -0.480 e. The van der Waals surface area contributed by atoms with Crippen LogP contribution < -0.4 is 0 Å². The van der Waals surface area contributed by atoms with E-state index in [1.54, 1.807) is 0 Å². The molecule has 0 fully saturated rings. The number of nitrogens with zero attached hydrogens (tertiary/aromatic N) is 3. The summed E-state index contributed by atoms with van der Waals surface area (Å²) in [5, 5.41) is 12.8. The second-order valence-corrected chi connectivity index (χ2v) is 4.44. The summed E-state index contributed by atoms with van der Waals surface area (Å²) in [6.07, 6.45) is 1.43. The van der Waals surface area contributed by atoms with Gasteiger partial charge in [0.25, 0.3) is 0 Å². The number of hydrogen-bond donors (Lipinski definition) is 1. The fourth-order valence-electron chi connectivity index (χ4n) is 1.66. The van der Waals surface area contributed by atoms with Crippen LogP contribution in [0.15, 0.2) is 30.6 Å². The molecule has 2 aromatic rings. The highest BCUT2D eigenvalue weighted by atomic mass is 16.4. The van der Waals surface area contributed by atoms with Crippen molar-refractivity contribution in [2.45, 2.75) is 26.3 Å². The van der Waals surface area contributed by atoms with Crippen molar-refractivity contribution in [2.24, 2.45) is 0 Å². The van der Waals surface area contributed by atoms with E-state index in [0.29, 0.717) is 11.7 Å². The molecule has 5 heteroatoms. The highest BCUT2D eigenvalue weighted by Gasteiger charge is 2.07. The molecule has 1 N–H and O–H groups in total. The molecular formula is C13H15N3O2. The molecule has 0 bridgehead atoms. The number of benzene rings is 1. The Labute approximate surface area is 105 Å². The summed E-state index contributed by atoms with van der Waals surface area (Å²) in [4.78, 5) is 14.6. The second kappa shape index (κ2) is 5.00. The molecule has 0 spiro atoms. The average Bonchev–Trinajstić information content (AvgIpc) is 2.76. The number of carboxylic acid groups (broad SMARTS) is 1. The van der Waals surface area contributed by atoms with Gasteiger partial charge in [-0.2, -0.15) is 5.10 Å². The Bertz CT molecular complexity index is 544. The molecule has 0 unspecified atom stereocenters. The predicted octanol–water partition coefficient (Wildman–Crippen LogP) is 2.15. The highest BCUT2D eigenvalue weighted by molar-refractivity contribution is 5.66. The third kappa shape index (κ3) is 2.74. The van der Waals surface area contributed by atoms with Gasteiger partial charge in [0.2, 0.25) is 0 Å². The minimum absolute atomic E-state index is 0.170. The second-order valence-electron chi connectivity index (χ2n) is 4.44. The third-order valence-corrected chi connectivity index (χ3v) is 2.67. The van der Waals surface area contributed by atoms with Gasteiger partial charge in [0.05, 0.1) is 0 Å². The Morgan fingerprint density at radius 1 is 1.33 bits per heavy atom. The molecule has 0 amide bonds. The van der Waals surface area contributed by atoms with Gasteiger partial charge in [-0.15, -0.1) is 0 Å². The maximum absolute atomic E-state index is 10.5. The number of rotatable bonds is 4. The zero-order valence-electron chi connectivity index (χ0n) is 10.4. The zero-order valence-corrected chi connectivity index (χ0v) is 10.4. The molecule has 0 saturated carbocycles. The summed E-state index contributed by atoms with van der Waals surface area (Å²) in [6, 6.07) is 7.99. The average molecular weight is 245 g/mol.